The van der Waals surface area contributed by atoms with Crippen LogP contribution in [0.5, 0.6) is 0 Å². The minimum absolute atomic E-state index is 0.113. The molecule has 4 aromatic rings. The van der Waals surface area contributed by atoms with E-state index in [1.54, 1.807) is 0 Å². The fourth-order valence-corrected chi connectivity index (χ4v) is 3.63. The molecular weight excluding hydrogens is 392 g/mol. The number of aldehydes is 1. The van der Waals surface area contributed by atoms with Crippen LogP contribution in [0.4, 0.5) is 0 Å². The number of benzene rings is 2. The Morgan fingerprint density at radius 2 is 1.69 bits per heavy atom. The van der Waals surface area contributed by atoms with Crippen LogP contribution in [0.3, 0.4) is 0 Å². The number of carbonyl (C=O) groups excluding carboxylic acids is 1. The third-order valence-electron chi connectivity index (χ3n) is 4.57. The van der Waals surface area contributed by atoms with Crippen LogP contribution in [0.2, 0.25) is 0 Å². The zero-order valence-corrected chi connectivity index (χ0v) is 15.6. The summed E-state index contributed by atoms with van der Waals surface area (Å²) >= 11 is 3.47. The maximum absolute atomic E-state index is 12.5. The highest BCUT2D eigenvalue weighted by atomic mass is 79.9. The molecule has 0 aliphatic rings. The van der Waals surface area contributed by atoms with Crippen molar-refractivity contribution in [2.75, 3.05) is 0 Å². The number of fused-ring (bicyclic) bond motifs is 2. The van der Waals surface area contributed by atoms with Gasteiger partial charge in [-0.1, -0.05) is 22.0 Å². The Morgan fingerprint density at radius 3 is 2.54 bits per heavy atom. The van der Waals surface area contributed by atoms with Crippen molar-refractivity contribution in [1.29, 1.82) is 0 Å². The molecule has 0 saturated carbocycles. The summed E-state index contributed by atoms with van der Waals surface area (Å²) in [6.45, 7) is 0. The molecule has 0 spiro atoms. The number of aromatic amines is 2. The Bertz CT molecular complexity index is 1170. The molecule has 0 fully saturated rings. The number of halogens is 1. The van der Waals surface area contributed by atoms with E-state index >= 15 is 0 Å². The predicted octanol–water partition coefficient (Wildman–Crippen LogP) is 4.96. The van der Waals surface area contributed by atoms with Crippen LogP contribution >= 0.6 is 15.9 Å². The largest absolute Gasteiger partial charge is 0.354 e. The van der Waals surface area contributed by atoms with E-state index in [1.807, 2.05) is 36.4 Å². The van der Waals surface area contributed by atoms with Crippen LogP contribution in [0, 0.1) is 0 Å². The molecule has 130 valence electrons. The van der Waals surface area contributed by atoms with E-state index in [9.17, 15) is 9.59 Å². The van der Waals surface area contributed by atoms with Gasteiger partial charge in [0.25, 0.3) is 5.56 Å². The Morgan fingerprint density at radius 1 is 0.923 bits per heavy atom. The second-order valence-corrected chi connectivity index (χ2v) is 7.32. The fraction of sp³-hybridized carbons (Fsp3) is 0.143. The van der Waals surface area contributed by atoms with Gasteiger partial charge in [-0.05, 0) is 60.9 Å². The molecule has 0 radical (unpaired) electrons. The third-order valence-corrected chi connectivity index (χ3v) is 5.06. The van der Waals surface area contributed by atoms with E-state index in [-0.39, 0.29) is 5.56 Å². The third kappa shape index (κ3) is 3.22. The summed E-state index contributed by atoms with van der Waals surface area (Å²) in [6, 6.07) is 15.9. The zero-order valence-electron chi connectivity index (χ0n) is 14.0. The van der Waals surface area contributed by atoms with Crippen LogP contribution < -0.4 is 5.56 Å². The second-order valence-electron chi connectivity index (χ2n) is 6.41. The van der Waals surface area contributed by atoms with Crippen molar-refractivity contribution in [3.8, 4) is 11.3 Å². The molecule has 4 nitrogen and oxygen atoms in total. The Hall–Kier alpha value is -2.66. The smallest absolute Gasteiger partial charge is 0.257 e. The van der Waals surface area contributed by atoms with Crippen molar-refractivity contribution < 1.29 is 4.79 Å². The molecule has 26 heavy (non-hydrogen) atoms. The maximum Gasteiger partial charge on any atom is 0.257 e. The van der Waals surface area contributed by atoms with Gasteiger partial charge in [-0.2, -0.15) is 0 Å². The Labute approximate surface area is 158 Å². The van der Waals surface area contributed by atoms with E-state index in [0.717, 1.165) is 51.1 Å². The average molecular weight is 409 g/mol. The molecule has 0 atom stereocenters. The summed E-state index contributed by atoms with van der Waals surface area (Å²) in [6.07, 6.45) is 3.26. The summed E-state index contributed by atoms with van der Waals surface area (Å²) in [5.74, 6) is 0. The first-order valence-electron chi connectivity index (χ1n) is 8.52. The van der Waals surface area contributed by atoms with E-state index in [4.69, 9.17) is 0 Å². The van der Waals surface area contributed by atoms with Crippen LogP contribution in [0.15, 0.2) is 57.8 Å². The van der Waals surface area contributed by atoms with Gasteiger partial charge in [-0.3, -0.25) is 4.79 Å². The topological polar surface area (TPSA) is 65.7 Å². The summed E-state index contributed by atoms with van der Waals surface area (Å²) in [5, 5.41) is 2.04. The number of nitrogens with one attached hydrogen (secondary N) is 2. The van der Waals surface area contributed by atoms with Crippen molar-refractivity contribution in [3.63, 3.8) is 0 Å². The number of H-pyrrole nitrogens is 2. The molecule has 0 bridgehead atoms. The summed E-state index contributed by atoms with van der Waals surface area (Å²) in [7, 11) is 0. The van der Waals surface area contributed by atoms with Gasteiger partial charge in [-0.15, -0.1) is 0 Å². The monoisotopic (exact) mass is 408 g/mol. The highest BCUT2D eigenvalue weighted by molar-refractivity contribution is 9.10. The van der Waals surface area contributed by atoms with E-state index in [0.29, 0.717) is 12.0 Å². The van der Waals surface area contributed by atoms with Gasteiger partial charge >= 0.3 is 0 Å². The predicted molar refractivity (Wildman–Crippen MR) is 109 cm³/mol. The molecule has 2 heterocycles. The quantitative estimate of drug-likeness (QED) is 0.362. The molecule has 0 unspecified atom stereocenters. The van der Waals surface area contributed by atoms with Crippen LogP contribution in [0.1, 0.15) is 18.4 Å². The lowest BCUT2D eigenvalue weighted by Crippen LogP contribution is -2.08. The van der Waals surface area contributed by atoms with Gasteiger partial charge in [0.2, 0.25) is 0 Å². The Kier molecular flexibility index (Phi) is 4.47. The fourth-order valence-electron chi connectivity index (χ4n) is 3.25. The highest BCUT2D eigenvalue weighted by Gasteiger charge is 2.10. The number of unbranched alkanes of at least 4 members (excludes halogenated alkanes) is 1. The molecular formula is C21H17BrN2O2. The number of pyridine rings is 1. The maximum atomic E-state index is 12.5. The standard InChI is InChI=1S/C21H17BrN2O2/c22-16-5-7-19-15(10-16)11-17(21(26)24-19)20-12-14-9-13(3-1-2-8-25)4-6-18(14)23-20/h4-12,23H,1-3H2,(H,24,26). The van der Waals surface area contributed by atoms with Crippen LogP contribution in [-0.2, 0) is 11.2 Å². The highest BCUT2D eigenvalue weighted by Crippen LogP contribution is 2.26. The van der Waals surface area contributed by atoms with Crippen molar-refractivity contribution in [2.24, 2.45) is 0 Å². The lowest BCUT2D eigenvalue weighted by molar-refractivity contribution is -0.107. The molecule has 2 aromatic heterocycles. The second kappa shape index (κ2) is 6.92. The minimum atomic E-state index is -0.113. The minimum Gasteiger partial charge on any atom is -0.354 e. The first kappa shape index (κ1) is 16.8. The number of aromatic nitrogens is 2. The van der Waals surface area contributed by atoms with Gasteiger partial charge in [0.15, 0.2) is 0 Å². The van der Waals surface area contributed by atoms with E-state index in [1.165, 1.54) is 5.56 Å². The molecule has 0 amide bonds. The number of aryl methyl sites for hydroxylation is 1. The molecule has 2 aromatic carbocycles. The molecule has 0 aliphatic carbocycles. The first-order valence-corrected chi connectivity index (χ1v) is 9.31. The van der Waals surface area contributed by atoms with Gasteiger partial charge in [0.05, 0.1) is 11.3 Å². The molecule has 5 heteroatoms. The van der Waals surface area contributed by atoms with Crippen molar-refractivity contribution in [1.82, 2.24) is 9.97 Å². The van der Waals surface area contributed by atoms with Crippen LogP contribution in [-0.4, -0.2) is 16.3 Å². The van der Waals surface area contributed by atoms with Crippen molar-refractivity contribution in [2.45, 2.75) is 19.3 Å². The first-order chi connectivity index (χ1) is 12.6. The van der Waals surface area contributed by atoms with Gasteiger partial charge in [-0.25, -0.2) is 0 Å². The number of hydrogen-bond acceptors (Lipinski definition) is 2. The SMILES string of the molecule is O=CCCCc1ccc2[nH]c(-c3cc4cc(Br)ccc4[nH]c3=O)cc2c1. The zero-order chi connectivity index (χ0) is 18.1. The summed E-state index contributed by atoms with van der Waals surface area (Å²) < 4.78 is 0.972. The number of hydrogen-bond donors (Lipinski definition) is 2. The average Bonchev–Trinajstić information content (AvgIpc) is 3.05. The normalized spacial score (nSPS) is 11.3. The van der Waals surface area contributed by atoms with E-state index < -0.39 is 0 Å². The molecule has 2 N–H and O–H groups in total. The molecule has 0 aliphatic heterocycles. The van der Waals surface area contributed by atoms with Gasteiger partial charge in [0, 0.05) is 32.7 Å². The summed E-state index contributed by atoms with van der Waals surface area (Å²) in [4.78, 5) is 29.3. The molecule has 0 saturated heterocycles. The van der Waals surface area contributed by atoms with Crippen molar-refractivity contribution >= 4 is 44.0 Å². The summed E-state index contributed by atoms with van der Waals surface area (Å²) in [5.41, 5.74) is 4.31. The van der Waals surface area contributed by atoms with Gasteiger partial charge in [0.1, 0.15) is 6.29 Å². The van der Waals surface area contributed by atoms with E-state index in [2.05, 4.69) is 38.0 Å². The number of rotatable bonds is 5. The Balaban J connectivity index is 1.76. The number of carbonyl (C=O) groups is 1. The molecule has 4 rings (SSSR count). The lowest BCUT2D eigenvalue weighted by Gasteiger charge is -2.02. The lowest BCUT2D eigenvalue weighted by atomic mass is 10.1. The van der Waals surface area contributed by atoms with Gasteiger partial charge < -0.3 is 14.8 Å². The van der Waals surface area contributed by atoms with Crippen molar-refractivity contribution in [3.05, 3.63) is 68.9 Å². The van der Waals surface area contributed by atoms with Crippen LogP contribution in [0.25, 0.3) is 33.1 Å².